The van der Waals surface area contributed by atoms with Crippen molar-refractivity contribution in [3.8, 4) is 0 Å². The Labute approximate surface area is 149 Å². The molecule has 2 N–H and O–H groups in total. The summed E-state index contributed by atoms with van der Waals surface area (Å²) in [5, 5.41) is 5.16. The maximum Gasteiger partial charge on any atom is 0.329 e. The molecule has 2 atom stereocenters. The van der Waals surface area contributed by atoms with E-state index in [4.69, 9.17) is 4.74 Å². The second-order valence-corrected chi connectivity index (χ2v) is 7.00. The fourth-order valence-corrected chi connectivity index (χ4v) is 2.11. The molecule has 1 aromatic rings. The SMILES string of the molecule is CCNC(=O)[C@@H](C)OC(=O)[C@H](C)NC(=O)c1ccc(C(C)(C)C)cc1. The van der Waals surface area contributed by atoms with Crippen molar-refractivity contribution >= 4 is 17.8 Å². The lowest BCUT2D eigenvalue weighted by molar-refractivity contribution is -0.156. The van der Waals surface area contributed by atoms with E-state index in [1.165, 1.54) is 13.8 Å². The van der Waals surface area contributed by atoms with Gasteiger partial charge in [-0.2, -0.15) is 0 Å². The first-order chi connectivity index (χ1) is 11.6. The highest BCUT2D eigenvalue weighted by Gasteiger charge is 2.23. The number of amides is 2. The van der Waals surface area contributed by atoms with Crippen molar-refractivity contribution in [2.24, 2.45) is 0 Å². The summed E-state index contributed by atoms with van der Waals surface area (Å²) in [5.74, 6) is -1.39. The van der Waals surface area contributed by atoms with Crippen LogP contribution in [0.1, 0.15) is 57.5 Å². The van der Waals surface area contributed by atoms with Crippen LogP contribution >= 0.6 is 0 Å². The molecule has 0 aromatic heterocycles. The van der Waals surface area contributed by atoms with Crippen LogP contribution in [0.4, 0.5) is 0 Å². The van der Waals surface area contributed by atoms with Gasteiger partial charge in [0.05, 0.1) is 0 Å². The molecule has 0 saturated carbocycles. The van der Waals surface area contributed by atoms with Gasteiger partial charge in [-0.25, -0.2) is 4.79 Å². The molecule has 25 heavy (non-hydrogen) atoms. The summed E-state index contributed by atoms with van der Waals surface area (Å²) in [7, 11) is 0. The molecule has 0 radical (unpaired) electrons. The van der Waals surface area contributed by atoms with Gasteiger partial charge in [0.15, 0.2) is 6.10 Å². The van der Waals surface area contributed by atoms with Gasteiger partial charge in [-0.3, -0.25) is 9.59 Å². The lowest BCUT2D eigenvalue weighted by Gasteiger charge is -2.19. The average Bonchev–Trinajstić information content (AvgIpc) is 2.54. The number of rotatable bonds is 6. The highest BCUT2D eigenvalue weighted by molar-refractivity contribution is 5.97. The predicted molar refractivity (Wildman–Crippen MR) is 96.3 cm³/mol. The van der Waals surface area contributed by atoms with E-state index in [-0.39, 0.29) is 17.2 Å². The van der Waals surface area contributed by atoms with Crippen molar-refractivity contribution in [2.45, 2.75) is 59.1 Å². The Morgan fingerprint density at radius 1 is 1.08 bits per heavy atom. The maximum absolute atomic E-state index is 12.2. The summed E-state index contributed by atoms with van der Waals surface area (Å²) in [6.45, 7) is 11.5. The van der Waals surface area contributed by atoms with Crippen LogP contribution < -0.4 is 10.6 Å². The third kappa shape index (κ3) is 6.21. The molecule has 0 aliphatic heterocycles. The van der Waals surface area contributed by atoms with Crippen molar-refractivity contribution in [3.63, 3.8) is 0 Å². The van der Waals surface area contributed by atoms with Crippen molar-refractivity contribution in [3.05, 3.63) is 35.4 Å². The van der Waals surface area contributed by atoms with Gasteiger partial charge in [0.1, 0.15) is 6.04 Å². The van der Waals surface area contributed by atoms with Crippen molar-refractivity contribution < 1.29 is 19.1 Å². The predicted octanol–water partition coefficient (Wildman–Crippen LogP) is 2.17. The molecule has 0 saturated heterocycles. The minimum Gasteiger partial charge on any atom is -0.451 e. The summed E-state index contributed by atoms with van der Waals surface area (Å²) < 4.78 is 5.06. The van der Waals surface area contributed by atoms with Gasteiger partial charge < -0.3 is 15.4 Å². The molecule has 1 rings (SSSR count). The quantitative estimate of drug-likeness (QED) is 0.772. The standard InChI is InChI=1S/C19H28N2O4/c1-7-20-16(22)13(3)25-18(24)12(2)21-17(23)14-8-10-15(11-9-14)19(4,5)6/h8-13H,7H2,1-6H3,(H,20,22)(H,21,23)/t12-,13+/m0/s1. The van der Waals surface area contributed by atoms with Crippen LogP contribution in [0.5, 0.6) is 0 Å². The number of carbonyl (C=O) groups excluding carboxylic acids is 3. The Kier molecular flexibility index (Phi) is 7.15. The first-order valence-electron chi connectivity index (χ1n) is 8.45. The number of likely N-dealkylation sites (N-methyl/N-ethyl adjacent to an activating group) is 1. The van der Waals surface area contributed by atoms with Gasteiger partial charge in [0.25, 0.3) is 11.8 Å². The average molecular weight is 348 g/mol. The molecule has 0 unspecified atom stereocenters. The Bertz CT molecular complexity index is 617. The number of hydrogen-bond donors (Lipinski definition) is 2. The fourth-order valence-electron chi connectivity index (χ4n) is 2.11. The molecule has 6 nitrogen and oxygen atoms in total. The maximum atomic E-state index is 12.2. The Morgan fingerprint density at radius 3 is 2.12 bits per heavy atom. The first-order valence-corrected chi connectivity index (χ1v) is 8.45. The zero-order chi connectivity index (χ0) is 19.2. The van der Waals surface area contributed by atoms with E-state index >= 15 is 0 Å². The topological polar surface area (TPSA) is 84.5 Å². The van der Waals surface area contributed by atoms with Crippen LogP contribution in [0.15, 0.2) is 24.3 Å². The van der Waals surface area contributed by atoms with Crippen molar-refractivity contribution in [1.29, 1.82) is 0 Å². The van der Waals surface area contributed by atoms with E-state index in [1.807, 2.05) is 12.1 Å². The third-order valence-electron chi connectivity index (χ3n) is 3.73. The molecule has 0 aliphatic rings. The van der Waals surface area contributed by atoms with Gasteiger partial charge in [-0.05, 0) is 43.9 Å². The monoisotopic (exact) mass is 348 g/mol. The lowest BCUT2D eigenvalue weighted by atomic mass is 9.86. The molecular weight excluding hydrogens is 320 g/mol. The summed E-state index contributed by atoms with van der Waals surface area (Å²) in [6, 6.07) is 6.40. The largest absolute Gasteiger partial charge is 0.451 e. The molecule has 1 aromatic carbocycles. The van der Waals surface area contributed by atoms with Crippen LogP contribution in [0.3, 0.4) is 0 Å². The van der Waals surface area contributed by atoms with Crippen LogP contribution in [0, 0.1) is 0 Å². The number of ether oxygens (including phenoxy) is 1. The zero-order valence-electron chi connectivity index (χ0n) is 15.8. The van der Waals surface area contributed by atoms with E-state index in [9.17, 15) is 14.4 Å². The fraction of sp³-hybridized carbons (Fsp3) is 0.526. The summed E-state index contributed by atoms with van der Waals surface area (Å²) >= 11 is 0. The normalized spacial score (nSPS) is 13.5. The third-order valence-corrected chi connectivity index (χ3v) is 3.73. The highest BCUT2D eigenvalue weighted by Crippen LogP contribution is 2.22. The summed E-state index contributed by atoms with van der Waals surface area (Å²) in [4.78, 5) is 35.8. The first kappa shape index (κ1) is 20.7. The smallest absolute Gasteiger partial charge is 0.329 e. The van der Waals surface area contributed by atoms with Crippen molar-refractivity contribution in [1.82, 2.24) is 10.6 Å². The molecule has 0 fully saturated rings. The number of nitrogens with one attached hydrogen (secondary N) is 2. The van der Waals surface area contributed by atoms with Crippen molar-refractivity contribution in [2.75, 3.05) is 6.54 Å². The second kappa shape index (κ2) is 8.65. The molecular formula is C19H28N2O4. The van der Waals surface area contributed by atoms with E-state index < -0.39 is 18.1 Å². The number of carbonyl (C=O) groups is 3. The minimum atomic E-state index is -0.905. The molecule has 138 valence electrons. The molecule has 0 aliphatic carbocycles. The number of hydrogen-bond acceptors (Lipinski definition) is 4. The van der Waals surface area contributed by atoms with Crippen LogP contribution in [0.2, 0.25) is 0 Å². The van der Waals surface area contributed by atoms with Gasteiger partial charge in [-0.1, -0.05) is 32.9 Å². The Hall–Kier alpha value is -2.37. The van der Waals surface area contributed by atoms with Crippen LogP contribution in [-0.2, 0) is 19.7 Å². The second-order valence-electron chi connectivity index (χ2n) is 7.00. The molecule has 0 heterocycles. The highest BCUT2D eigenvalue weighted by atomic mass is 16.5. The van der Waals surface area contributed by atoms with Crippen LogP contribution in [0.25, 0.3) is 0 Å². The summed E-state index contributed by atoms with van der Waals surface area (Å²) in [5.41, 5.74) is 1.58. The zero-order valence-corrected chi connectivity index (χ0v) is 15.8. The van der Waals surface area contributed by atoms with Crippen LogP contribution in [-0.4, -0.2) is 36.5 Å². The van der Waals surface area contributed by atoms with E-state index in [0.717, 1.165) is 5.56 Å². The molecule has 0 spiro atoms. The minimum absolute atomic E-state index is 0.00129. The lowest BCUT2D eigenvalue weighted by Crippen LogP contribution is -2.43. The number of esters is 1. The Balaban J connectivity index is 2.64. The van der Waals surface area contributed by atoms with E-state index in [2.05, 4.69) is 31.4 Å². The summed E-state index contributed by atoms with van der Waals surface area (Å²) in [6.07, 6.45) is -0.905. The number of benzene rings is 1. The van der Waals surface area contributed by atoms with Gasteiger partial charge in [0, 0.05) is 12.1 Å². The van der Waals surface area contributed by atoms with E-state index in [1.54, 1.807) is 19.1 Å². The molecule has 0 bridgehead atoms. The Morgan fingerprint density at radius 2 is 1.64 bits per heavy atom. The van der Waals surface area contributed by atoms with E-state index in [0.29, 0.717) is 12.1 Å². The molecule has 2 amide bonds. The van der Waals surface area contributed by atoms with Gasteiger partial charge in [-0.15, -0.1) is 0 Å². The van der Waals surface area contributed by atoms with Gasteiger partial charge >= 0.3 is 5.97 Å². The van der Waals surface area contributed by atoms with Gasteiger partial charge in [0.2, 0.25) is 0 Å². The molecule has 6 heteroatoms.